The Morgan fingerprint density at radius 3 is 1.74 bits per heavy atom. The number of carbonyl (C=O) groups is 1. The summed E-state index contributed by atoms with van der Waals surface area (Å²) in [6.45, 7) is 8.00. The van der Waals surface area contributed by atoms with Crippen molar-refractivity contribution in [3.8, 4) is 0 Å². The van der Waals surface area contributed by atoms with E-state index in [0.717, 1.165) is 11.3 Å². The maximum atomic E-state index is 12.2. The molecule has 0 aromatic heterocycles. The number of hydrogen-bond donors (Lipinski definition) is 1. The molecule has 0 heterocycles. The summed E-state index contributed by atoms with van der Waals surface area (Å²) in [4.78, 5) is 14.2. The number of amides is 1. The third-order valence-electron chi connectivity index (χ3n) is 3.16. The second-order valence-corrected chi connectivity index (χ2v) is 4.37. The minimum absolute atomic E-state index is 0.0162. The Morgan fingerprint density at radius 2 is 1.30 bits per heavy atom. The van der Waals surface area contributed by atoms with E-state index in [-0.39, 0.29) is 11.9 Å². The second-order valence-electron chi connectivity index (χ2n) is 4.37. The molecule has 2 aromatic carbocycles. The summed E-state index contributed by atoms with van der Waals surface area (Å²) in [7, 11) is 3.60. The molecule has 0 bridgehead atoms. The molecule has 23 heavy (non-hydrogen) atoms. The summed E-state index contributed by atoms with van der Waals surface area (Å²) in [5.41, 5.74) is 1.99. The molecule has 1 atom stereocenters. The lowest BCUT2D eigenvalue weighted by Crippen LogP contribution is -2.37. The number of carbonyl (C=O) groups excluding carboxylic acids is 1. The van der Waals surface area contributed by atoms with E-state index in [1.807, 2.05) is 100 Å². The summed E-state index contributed by atoms with van der Waals surface area (Å²) < 4.78 is 0. The lowest BCUT2D eigenvalue weighted by atomic mass is 10.0. The predicted octanol–water partition coefficient (Wildman–Crippen LogP) is 4.66. The van der Waals surface area contributed by atoms with Gasteiger partial charge in [-0.05, 0) is 17.7 Å². The molecule has 1 N–H and O–H groups in total. The smallest absolute Gasteiger partial charge is 0.247 e. The van der Waals surface area contributed by atoms with Crippen molar-refractivity contribution in [1.29, 1.82) is 0 Å². The molecule has 1 amide bonds. The van der Waals surface area contributed by atoms with Crippen LogP contribution in [-0.4, -0.2) is 20.0 Å². The minimum Gasteiger partial charge on any atom is -0.359 e. The van der Waals surface area contributed by atoms with E-state index in [9.17, 15) is 4.79 Å². The number of benzene rings is 2. The van der Waals surface area contributed by atoms with Gasteiger partial charge in [-0.15, -0.1) is 0 Å². The van der Waals surface area contributed by atoms with Crippen molar-refractivity contribution >= 4 is 11.6 Å². The summed E-state index contributed by atoms with van der Waals surface area (Å²) >= 11 is 0. The molecular weight excluding hydrogens is 284 g/mol. The SMILES string of the molecule is CC.CC.CNC(=O)C(c1ccccc1)N(C)c1ccccc1. The Bertz CT molecular complexity index is 526. The molecule has 0 aliphatic carbocycles. The van der Waals surface area contributed by atoms with Gasteiger partial charge in [0.05, 0.1) is 0 Å². The van der Waals surface area contributed by atoms with Crippen molar-refractivity contribution in [2.45, 2.75) is 33.7 Å². The molecule has 0 aliphatic heterocycles. The van der Waals surface area contributed by atoms with E-state index in [1.165, 1.54) is 0 Å². The quantitative estimate of drug-likeness (QED) is 0.890. The van der Waals surface area contributed by atoms with E-state index in [1.54, 1.807) is 7.05 Å². The third-order valence-corrected chi connectivity index (χ3v) is 3.16. The van der Waals surface area contributed by atoms with Crippen LogP contribution in [0.2, 0.25) is 0 Å². The van der Waals surface area contributed by atoms with Gasteiger partial charge in [-0.1, -0.05) is 76.2 Å². The fraction of sp³-hybridized carbons (Fsp3) is 0.350. The summed E-state index contributed by atoms with van der Waals surface area (Å²) in [5, 5.41) is 2.73. The van der Waals surface area contributed by atoms with Gasteiger partial charge in [-0.2, -0.15) is 0 Å². The minimum atomic E-state index is -0.325. The van der Waals surface area contributed by atoms with Gasteiger partial charge in [-0.3, -0.25) is 4.79 Å². The van der Waals surface area contributed by atoms with Crippen molar-refractivity contribution in [2.24, 2.45) is 0 Å². The highest BCUT2D eigenvalue weighted by Gasteiger charge is 2.24. The zero-order valence-electron chi connectivity index (χ0n) is 15.2. The number of rotatable bonds is 4. The third kappa shape index (κ3) is 6.15. The van der Waals surface area contributed by atoms with Crippen LogP contribution in [0.15, 0.2) is 60.7 Å². The van der Waals surface area contributed by atoms with Gasteiger partial charge in [-0.25, -0.2) is 0 Å². The van der Waals surface area contributed by atoms with Crippen molar-refractivity contribution in [3.05, 3.63) is 66.2 Å². The van der Waals surface area contributed by atoms with Crippen LogP contribution in [0.25, 0.3) is 0 Å². The number of anilines is 1. The van der Waals surface area contributed by atoms with Gasteiger partial charge in [0.25, 0.3) is 0 Å². The Kier molecular flexibility index (Phi) is 11.1. The number of nitrogens with one attached hydrogen (secondary N) is 1. The van der Waals surface area contributed by atoms with Crippen LogP contribution in [0.3, 0.4) is 0 Å². The first-order valence-corrected chi connectivity index (χ1v) is 8.28. The fourth-order valence-electron chi connectivity index (χ4n) is 2.14. The topological polar surface area (TPSA) is 32.3 Å². The molecule has 0 saturated heterocycles. The van der Waals surface area contributed by atoms with Crippen molar-refractivity contribution < 1.29 is 4.79 Å². The highest BCUT2D eigenvalue weighted by atomic mass is 16.2. The average molecular weight is 314 g/mol. The van der Waals surface area contributed by atoms with Crippen LogP contribution < -0.4 is 10.2 Å². The average Bonchev–Trinajstić information content (AvgIpc) is 2.66. The maximum absolute atomic E-state index is 12.2. The molecular formula is C20H30N2O. The summed E-state index contributed by atoms with van der Waals surface area (Å²) in [6.07, 6.45) is 0. The molecule has 2 aromatic rings. The monoisotopic (exact) mass is 314 g/mol. The van der Waals surface area contributed by atoms with Gasteiger partial charge in [0.1, 0.15) is 6.04 Å². The Morgan fingerprint density at radius 1 is 0.870 bits per heavy atom. The van der Waals surface area contributed by atoms with Gasteiger partial charge in [0.15, 0.2) is 0 Å². The standard InChI is InChI=1S/C16H18N2O.2C2H6/c1-17-16(19)15(13-9-5-3-6-10-13)18(2)14-11-7-4-8-12-14;2*1-2/h3-12,15H,1-2H3,(H,17,19);2*1-2H3. The van der Waals surface area contributed by atoms with E-state index in [4.69, 9.17) is 0 Å². The van der Waals surface area contributed by atoms with Gasteiger partial charge < -0.3 is 10.2 Å². The summed E-state index contributed by atoms with van der Waals surface area (Å²) in [6, 6.07) is 19.4. The van der Waals surface area contributed by atoms with Crippen LogP contribution in [0.1, 0.15) is 39.3 Å². The molecule has 0 fully saturated rings. The van der Waals surface area contributed by atoms with E-state index in [0.29, 0.717) is 0 Å². The molecule has 0 radical (unpaired) electrons. The largest absolute Gasteiger partial charge is 0.359 e. The highest BCUT2D eigenvalue weighted by Crippen LogP contribution is 2.25. The molecule has 0 saturated carbocycles. The Labute approximate surface area is 141 Å². The van der Waals surface area contributed by atoms with Crippen LogP contribution in [0.4, 0.5) is 5.69 Å². The van der Waals surface area contributed by atoms with Gasteiger partial charge in [0, 0.05) is 19.8 Å². The van der Waals surface area contributed by atoms with Crippen LogP contribution in [0, 0.1) is 0 Å². The molecule has 0 aliphatic rings. The highest BCUT2D eigenvalue weighted by molar-refractivity contribution is 5.86. The molecule has 1 unspecified atom stereocenters. The molecule has 126 valence electrons. The molecule has 0 spiro atoms. The second kappa shape index (κ2) is 12.3. The normalized spacial score (nSPS) is 10.2. The van der Waals surface area contributed by atoms with Crippen LogP contribution in [0.5, 0.6) is 0 Å². The van der Waals surface area contributed by atoms with Crippen molar-refractivity contribution in [2.75, 3.05) is 19.0 Å². The van der Waals surface area contributed by atoms with E-state index >= 15 is 0 Å². The zero-order chi connectivity index (χ0) is 17.7. The molecule has 2 rings (SSSR count). The molecule has 3 nitrogen and oxygen atoms in total. The number of nitrogens with zero attached hydrogens (tertiary/aromatic N) is 1. The summed E-state index contributed by atoms with van der Waals surface area (Å²) in [5.74, 6) is -0.0162. The fourth-order valence-corrected chi connectivity index (χ4v) is 2.14. The Balaban J connectivity index is 0.00000112. The van der Waals surface area contributed by atoms with Crippen LogP contribution >= 0.6 is 0 Å². The lowest BCUT2D eigenvalue weighted by Gasteiger charge is -2.29. The Hall–Kier alpha value is -2.29. The predicted molar refractivity (Wildman–Crippen MR) is 101 cm³/mol. The first-order valence-electron chi connectivity index (χ1n) is 8.28. The number of likely N-dealkylation sites (N-methyl/N-ethyl adjacent to an activating group) is 2. The van der Waals surface area contributed by atoms with E-state index in [2.05, 4.69) is 5.32 Å². The maximum Gasteiger partial charge on any atom is 0.247 e. The molecule has 3 heteroatoms. The lowest BCUT2D eigenvalue weighted by molar-refractivity contribution is -0.122. The van der Waals surface area contributed by atoms with Gasteiger partial charge in [0.2, 0.25) is 5.91 Å². The number of hydrogen-bond acceptors (Lipinski definition) is 2. The first-order chi connectivity index (χ1) is 11.2. The van der Waals surface area contributed by atoms with Crippen LogP contribution in [-0.2, 0) is 4.79 Å². The van der Waals surface area contributed by atoms with E-state index < -0.39 is 0 Å². The number of para-hydroxylation sites is 1. The van der Waals surface area contributed by atoms with Crippen molar-refractivity contribution in [3.63, 3.8) is 0 Å². The zero-order valence-corrected chi connectivity index (χ0v) is 15.2. The van der Waals surface area contributed by atoms with Gasteiger partial charge >= 0.3 is 0 Å². The van der Waals surface area contributed by atoms with Crippen molar-refractivity contribution in [1.82, 2.24) is 5.32 Å². The first kappa shape index (κ1) is 20.7.